The van der Waals surface area contributed by atoms with Crippen LogP contribution in [-0.4, -0.2) is 21.9 Å². The number of nitrogens with one attached hydrogen (secondary N) is 1. The Morgan fingerprint density at radius 1 is 0.862 bits per heavy atom. The molecule has 0 saturated heterocycles. The molecule has 1 N–H and O–H groups in total. The molecule has 0 aliphatic rings. The summed E-state index contributed by atoms with van der Waals surface area (Å²) in [5.74, 6) is 0.602. The van der Waals surface area contributed by atoms with Crippen LogP contribution in [0.1, 0.15) is 11.5 Å². The Bertz CT molecular complexity index is 1080. The summed E-state index contributed by atoms with van der Waals surface area (Å²) in [6.07, 6.45) is 0.574. The monoisotopic (exact) mass is 401 g/mol. The van der Waals surface area contributed by atoms with Crippen molar-refractivity contribution in [3.63, 3.8) is 0 Å². The number of amides is 1. The number of hydrogen-bond acceptors (Lipinski definition) is 5. The lowest BCUT2D eigenvalue weighted by molar-refractivity contribution is -0.113. The lowest BCUT2D eigenvalue weighted by Gasteiger charge is -2.10. The number of thioether (sulfide) groups is 1. The van der Waals surface area contributed by atoms with Crippen LogP contribution in [0, 0.1) is 0 Å². The fraction of sp³-hybridized carbons (Fsp3) is 0.0870. The summed E-state index contributed by atoms with van der Waals surface area (Å²) in [5.41, 5.74) is 3.91. The third-order valence-electron chi connectivity index (χ3n) is 4.26. The minimum absolute atomic E-state index is 0.124. The highest BCUT2D eigenvalue weighted by Gasteiger charge is 2.12. The number of anilines is 1. The van der Waals surface area contributed by atoms with Gasteiger partial charge in [0.05, 0.1) is 12.2 Å². The number of carbonyl (C=O) groups excluding carboxylic acids is 1. The van der Waals surface area contributed by atoms with Gasteiger partial charge in [-0.1, -0.05) is 90.6 Å². The Hall–Kier alpha value is -3.38. The summed E-state index contributed by atoms with van der Waals surface area (Å²) >= 11 is 1.23. The third kappa shape index (κ3) is 5.12. The maximum absolute atomic E-state index is 12.4. The van der Waals surface area contributed by atoms with Crippen LogP contribution in [-0.2, 0) is 11.2 Å². The lowest BCUT2D eigenvalue weighted by Crippen LogP contribution is -2.14. The molecule has 29 heavy (non-hydrogen) atoms. The Balaban J connectivity index is 1.36. The van der Waals surface area contributed by atoms with E-state index < -0.39 is 0 Å². The summed E-state index contributed by atoms with van der Waals surface area (Å²) < 4.78 is 5.64. The summed E-state index contributed by atoms with van der Waals surface area (Å²) in [6, 6.07) is 27.6. The molecule has 6 heteroatoms. The van der Waals surface area contributed by atoms with Crippen molar-refractivity contribution in [3.05, 3.63) is 96.4 Å². The molecule has 0 spiro atoms. The molecule has 4 rings (SSSR count). The lowest BCUT2D eigenvalue weighted by atomic mass is 10.0. The summed E-state index contributed by atoms with van der Waals surface area (Å²) in [7, 11) is 0. The molecule has 1 aromatic heterocycles. The standard InChI is InChI=1S/C23H19N3O2S/c27-21(24-20-14-8-7-13-19(20)18-11-5-2-6-12-18)16-29-23-26-25-22(28-23)15-17-9-3-1-4-10-17/h1-14H,15-16H2,(H,24,27). The zero-order valence-electron chi connectivity index (χ0n) is 15.6. The van der Waals surface area contributed by atoms with E-state index in [1.165, 1.54) is 11.8 Å². The van der Waals surface area contributed by atoms with Crippen LogP contribution in [0.25, 0.3) is 11.1 Å². The van der Waals surface area contributed by atoms with Crippen LogP contribution in [0.15, 0.2) is 94.6 Å². The van der Waals surface area contributed by atoms with Crippen molar-refractivity contribution in [1.29, 1.82) is 0 Å². The summed E-state index contributed by atoms with van der Waals surface area (Å²) in [5, 5.41) is 11.4. The number of aromatic nitrogens is 2. The molecule has 0 atom stereocenters. The summed E-state index contributed by atoms with van der Waals surface area (Å²) in [4.78, 5) is 12.4. The van der Waals surface area contributed by atoms with Crippen LogP contribution in [0.5, 0.6) is 0 Å². The number of para-hydroxylation sites is 1. The van der Waals surface area contributed by atoms with E-state index in [2.05, 4.69) is 15.5 Å². The van der Waals surface area contributed by atoms with E-state index in [-0.39, 0.29) is 11.7 Å². The average molecular weight is 401 g/mol. The van der Waals surface area contributed by atoms with E-state index in [1.807, 2.05) is 84.9 Å². The van der Waals surface area contributed by atoms with Gasteiger partial charge in [-0.15, -0.1) is 10.2 Å². The number of nitrogens with zero attached hydrogens (tertiary/aromatic N) is 2. The van der Waals surface area contributed by atoms with Gasteiger partial charge < -0.3 is 9.73 Å². The molecule has 1 amide bonds. The fourth-order valence-corrected chi connectivity index (χ4v) is 3.49. The van der Waals surface area contributed by atoms with Gasteiger partial charge in [-0.25, -0.2) is 0 Å². The Morgan fingerprint density at radius 3 is 2.34 bits per heavy atom. The minimum atomic E-state index is -0.124. The predicted molar refractivity (Wildman–Crippen MR) is 115 cm³/mol. The van der Waals surface area contributed by atoms with Gasteiger partial charge in [0.1, 0.15) is 0 Å². The van der Waals surface area contributed by atoms with Crippen LogP contribution in [0.4, 0.5) is 5.69 Å². The molecule has 3 aromatic carbocycles. The van der Waals surface area contributed by atoms with Gasteiger partial charge in [-0.2, -0.15) is 0 Å². The van der Waals surface area contributed by atoms with Gasteiger partial charge in [0.15, 0.2) is 0 Å². The van der Waals surface area contributed by atoms with Crippen LogP contribution < -0.4 is 5.32 Å². The number of hydrogen-bond donors (Lipinski definition) is 1. The van der Waals surface area contributed by atoms with Crippen molar-refractivity contribution < 1.29 is 9.21 Å². The molecule has 1 heterocycles. The van der Waals surface area contributed by atoms with E-state index in [4.69, 9.17) is 4.42 Å². The highest BCUT2D eigenvalue weighted by molar-refractivity contribution is 7.99. The van der Waals surface area contributed by atoms with Gasteiger partial charge in [-0.05, 0) is 17.2 Å². The van der Waals surface area contributed by atoms with Crippen molar-refractivity contribution in [3.8, 4) is 11.1 Å². The first kappa shape index (κ1) is 19.0. The van der Waals surface area contributed by atoms with Crippen molar-refractivity contribution in [2.24, 2.45) is 0 Å². The van der Waals surface area contributed by atoms with E-state index in [0.717, 1.165) is 22.4 Å². The zero-order valence-corrected chi connectivity index (χ0v) is 16.4. The molecule has 5 nitrogen and oxygen atoms in total. The number of carbonyl (C=O) groups is 1. The van der Waals surface area contributed by atoms with Gasteiger partial charge in [-0.3, -0.25) is 4.79 Å². The molecule has 0 fully saturated rings. The number of benzene rings is 3. The van der Waals surface area contributed by atoms with Crippen molar-refractivity contribution in [1.82, 2.24) is 10.2 Å². The van der Waals surface area contributed by atoms with E-state index in [1.54, 1.807) is 0 Å². The predicted octanol–water partition coefficient (Wildman–Crippen LogP) is 5.06. The summed E-state index contributed by atoms with van der Waals surface area (Å²) in [6.45, 7) is 0. The molecule has 0 bridgehead atoms. The molecular formula is C23H19N3O2S. The zero-order chi connectivity index (χ0) is 19.9. The second kappa shape index (κ2) is 9.21. The first-order chi connectivity index (χ1) is 14.3. The Labute approximate surface area is 173 Å². The number of rotatable bonds is 7. The molecule has 0 radical (unpaired) electrons. The first-order valence-corrected chi connectivity index (χ1v) is 10.2. The maximum Gasteiger partial charge on any atom is 0.277 e. The minimum Gasteiger partial charge on any atom is -0.416 e. The van der Waals surface area contributed by atoms with Gasteiger partial charge in [0.2, 0.25) is 11.8 Å². The quantitative estimate of drug-likeness (QED) is 0.439. The Morgan fingerprint density at radius 2 is 1.55 bits per heavy atom. The molecular weight excluding hydrogens is 382 g/mol. The van der Waals surface area contributed by atoms with Crippen LogP contribution in [0.2, 0.25) is 0 Å². The topological polar surface area (TPSA) is 68.0 Å². The smallest absolute Gasteiger partial charge is 0.277 e. The van der Waals surface area contributed by atoms with Crippen LogP contribution in [0.3, 0.4) is 0 Å². The van der Waals surface area contributed by atoms with Crippen molar-refractivity contribution in [2.45, 2.75) is 11.6 Å². The average Bonchev–Trinajstić information content (AvgIpc) is 3.21. The van der Waals surface area contributed by atoms with E-state index >= 15 is 0 Å². The maximum atomic E-state index is 12.4. The highest BCUT2D eigenvalue weighted by Crippen LogP contribution is 2.28. The van der Waals surface area contributed by atoms with Crippen LogP contribution >= 0.6 is 11.8 Å². The highest BCUT2D eigenvalue weighted by atomic mass is 32.2. The van der Waals surface area contributed by atoms with E-state index in [0.29, 0.717) is 17.5 Å². The normalized spacial score (nSPS) is 10.6. The molecule has 4 aromatic rings. The van der Waals surface area contributed by atoms with Gasteiger partial charge in [0.25, 0.3) is 5.22 Å². The SMILES string of the molecule is O=C(CSc1nnc(Cc2ccccc2)o1)Nc1ccccc1-c1ccccc1. The molecule has 0 aliphatic heterocycles. The second-order valence-electron chi connectivity index (χ2n) is 6.37. The van der Waals surface area contributed by atoms with Gasteiger partial charge in [0, 0.05) is 11.3 Å². The largest absolute Gasteiger partial charge is 0.416 e. The molecule has 0 saturated carbocycles. The van der Waals surface area contributed by atoms with Crippen molar-refractivity contribution >= 4 is 23.4 Å². The third-order valence-corrected chi connectivity index (χ3v) is 5.08. The Kier molecular flexibility index (Phi) is 6.02. The first-order valence-electron chi connectivity index (χ1n) is 9.21. The van der Waals surface area contributed by atoms with Crippen molar-refractivity contribution in [2.75, 3.05) is 11.1 Å². The molecule has 144 valence electrons. The fourth-order valence-electron chi connectivity index (χ4n) is 2.91. The molecule has 0 aliphatic carbocycles. The van der Waals surface area contributed by atoms with Gasteiger partial charge >= 0.3 is 0 Å². The molecule has 0 unspecified atom stereocenters. The second-order valence-corrected chi connectivity index (χ2v) is 7.30. The van der Waals surface area contributed by atoms with E-state index in [9.17, 15) is 4.79 Å².